The number of hydrogen-bond donors (Lipinski definition) is 2. The zero-order valence-corrected chi connectivity index (χ0v) is 16.1. The third-order valence-electron chi connectivity index (χ3n) is 4.50. The number of benzene rings is 2. The van der Waals surface area contributed by atoms with E-state index >= 15 is 0 Å². The van der Waals surface area contributed by atoms with E-state index in [1.807, 2.05) is 0 Å². The topological polar surface area (TPSA) is 31.1 Å². The number of aromatic amines is 1. The lowest BCUT2D eigenvalue weighted by Gasteiger charge is -2.11. The summed E-state index contributed by atoms with van der Waals surface area (Å²) >= 11 is 5.57. The third kappa shape index (κ3) is 4.09. The van der Waals surface area contributed by atoms with Crippen LogP contribution in [0.2, 0.25) is 0 Å². The van der Waals surface area contributed by atoms with Crippen LogP contribution in [-0.4, -0.2) is 35.5 Å². The highest BCUT2D eigenvalue weighted by Crippen LogP contribution is 2.26. The van der Waals surface area contributed by atoms with Gasteiger partial charge in [-0.3, -0.25) is 0 Å². The molecule has 0 saturated heterocycles. The molecule has 25 heavy (non-hydrogen) atoms. The van der Waals surface area contributed by atoms with Gasteiger partial charge in [0.25, 0.3) is 0 Å². The van der Waals surface area contributed by atoms with Gasteiger partial charge in [-0.25, -0.2) is 0 Å². The van der Waals surface area contributed by atoms with Crippen LogP contribution in [0.25, 0.3) is 10.9 Å². The Hall–Kier alpha value is -2.17. The number of nitrogens with one attached hydrogen (secondary N) is 2. The van der Waals surface area contributed by atoms with Crippen molar-refractivity contribution in [2.24, 2.45) is 0 Å². The van der Waals surface area contributed by atoms with E-state index in [9.17, 15) is 0 Å². The smallest absolute Gasteiger partial charge is 0.110 e. The van der Waals surface area contributed by atoms with Crippen LogP contribution in [-0.2, 0) is 6.42 Å². The second-order valence-electron chi connectivity index (χ2n) is 6.86. The zero-order valence-electron chi connectivity index (χ0n) is 15.3. The largest absolute Gasteiger partial charge is 0.358 e. The van der Waals surface area contributed by atoms with Gasteiger partial charge in [0.1, 0.15) is 4.99 Å². The summed E-state index contributed by atoms with van der Waals surface area (Å²) in [4.78, 5) is 6.46. The molecule has 4 heteroatoms. The molecule has 3 rings (SSSR count). The highest BCUT2D eigenvalue weighted by atomic mass is 32.1. The number of H-pyrrole nitrogens is 1. The molecule has 1 aromatic heterocycles. The van der Waals surface area contributed by atoms with Crippen molar-refractivity contribution < 1.29 is 0 Å². The maximum Gasteiger partial charge on any atom is 0.110 e. The lowest BCUT2D eigenvalue weighted by molar-refractivity contribution is 0.414. The van der Waals surface area contributed by atoms with E-state index in [-0.39, 0.29) is 0 Å². The van der Waals surface area contributed by atoms with Gasteiger partial charge in [-0.15, -0.1) is 0 Å². The Morgan fingerprint density at radius 3 is 2.48 bits per heavy atom. The summed E-state index contributed by atoms with van der Waals surface area (Å²) < 4.78 is 0. The van der Waals surface area contributed by atoms with Crippen molar-refractivity contribution >= 4 is 33.8 Å². The molecule has 0 unspecified atom stereocenters. The Labute approximate surface area is 155 Å². The lowest BCUT2D eigenvalue weighted by Crippen LogP contribution is -2.15. The van der Waals surface area contributed by atoms with Gasteiger partial charge in [-0.1, -0.05) is 42.0 Å². The van der Waals surface area contributed by atoms with Gasteiger partial charge < -0.3 is 15.2 Å². The molecule has 130 valence electrons. The Balaban J connectivity index is 1.85. The first-order chi connectivity index (χ1) is 11.9. The molecule has 3 nitrogen and oxygen atoms in total. The third-order valence-corrected chi connectivity index (χ3v) is 4.84. The van der Waals surface area contributed by atoms with Gasteiger partial charge in [-0.05, 0) is 58.1 Å². The first kappa shape index (κ1) is 17.6. The van der Waals surface area contributed by atoms with E-state index in [0.717, 1.165) is 29.2 Å². The number of rotatable bonds is 5. The minimum atomic E-state index is 0.751. The molecule has 0 aliphatic rings. The molecule has 0 bridgehead atoms. The van der Waals surface area contributed by atoms with Crippen LogP contribution in [0.4, 0.5) is 5.69 Å². The maximum atomic E-state index is 5.57. The average molecular weight is 352 g/mol. The predicted molar refractivity (Wildman–Crippen MR) is 112 cm³/mol. The minimum Gasteiger partial charge on any atom is -0.358 e. The molecule has 2 aromatic carbocycles. The summed E-state index contributed by atoms with van der Waals surface area (Å²) in [5.74, 6) is 0. The molecular weight excluding hydrogens is 326 g/mol. The minimum absolute atomic E-state index is 0.751. The van der Waals surface area contributed by atoms with E-state index in [1.165, 1.54) is 27.7 Å². The van der Waals surface area contributed by atoms with Crippen LogP contribution in [0.3, 0.4) is 0 Å². The highest BCUT2D eigenvalue weighted by Gasteiger charge is 2.10. The van der Waals surface area contributed by atoms with Crippen LogP contribution >= 0.6 is 12.2 Å². The first-order valence-corrected chi connectivity index (χ1v) is 8.99. The summed E-state index contributed by atoms with van der Waals surface area (Å²) in [6.07, 6.45) is 1.03. The van der Waals surface area contributed by atoms with Crippen LogP contribution in [0.15, 0.2) is 42.5 Å². The maximum absolute atomic E-state index is 5.57. The Morgan fingerprint density at radius 1 is 1.08 bits per heavy atom. The molecule has 0 spiro atoms. The number of fused-ring (bicyclic) bond motifs is 1. The SMILES string of the molecule is Cc1ccc(C(=S)Nc2ccc3[nH]c(C)c(CCN(C)C)c3c2)cc1. The summed E-state index contributed by atoms with van der Waals surface area (Å²) in [7, 11) is 4.22. The van der Waals surface area contributed by atoms with E-state index in [1.54, 1.807) is 0 Å². The number of aromatic nitrogens is 1. The summed E-state index contributed by atoms with van der Waals surface area (Å²) in [5, 5.41) is 4.65. The van der Waals surface area contributed by atoms with Crippen molar-refractivity contribution in [3.05, 3.63) is 64.8 Å². The van der Waals surface area contributed by atoms with Gasteiger partial charge in [0.05, 0.1) is 0 Å². The van der Waals surface area contributed by atoms with Crippen LogP contribution in [0.5, 0.6) is 0 Å². The van der Waals surface area contributed by atoms with Gasteiger partial charge >= 0.3 is 0 Å². The van der Waals surface area contributed by atoms with Crippen LogP contribution in [0, 0.1) is 13.8 Å². The fourth-order valence-corrected chi connectivity index (χ4v) is 3.28. The van der Waals surface area contributed by atoms with E-state index in [0.29, 0.717) is 0 Å². The van der Waals surface area contributed by atoms with Crippen molar-refractivity contribution in [2.45, 2.75) is 20.3 Å². The molecule has 0 atom stereocenters. The molecule has 0 aliphatic heterocycles. The van der Waals surface area contributed by atoms with Crippen LogP contribution < -0.4 is 5.32 Å². The van der Waals surface area contributed by atoms with Gasteiger partial charge in [0, 0.05) is 34.4 Å². The standard InChI is InChI=1S/C21H25N3S/c1-14-5-7-16(8-6-14)21(25)23-17-9-10-20-19(13-17)18(15(2)22-20)11-12-24(3)4/h5-10,13,22H,11-12H2,1-4H3,(H,23,25). The molecule has 0 saturated carbocycles. The Bertz CT molecular complexity index is 891. The number of likely N-dealkylation sites (N-methyl/N-ethyl adjacent to an activating group) is 1. The van der Waals surface area contributed by atoms with Crippen molar-refractivity contribution in [3.63, 3.8) is 0 Å². The first-order valence-electron chi connectivity index (χ1n) is 8.58. The Kier molecular flexibility index (Phi) is 5.21. The van der Waals surface area contributed by atoms with Gasteiger partial charge in [0.15, 0.2) is 0 Å². The average Bonchev–Trinajstić information content (AvgIpc) is 2.88. The highest BCUT2D eigenvalue weighted by molar-refractivity contribution is 7.81. The molecule has 1 heterocycles. The predicted octanol–water partition coefficient (Wildman–Crippen LogP) is 4.68. The molecule has 2 N–H and O–H groups in total. The summed E-state index contributed by atoms with van der Waals surface area (Å²) in [6.45, 7) is 5.26. The fraction of sp³-hybridized carbons (Fsp3) is 0.286. The van der Waals surface area contributed by atoms with Crippen molar-refractivity contribution in [3.8, 4) is 0 Å². The number of thiocarbonyl (C=S) groups is 1. The summed E-state index contributed by atoms with van der Waals surface area (Å²) in [6, 6.07) is 14.7. The fourth-order valence-electron chi connectivity index (χ4n) is 3.03. The summed E-state index contributed by atoms with van der Waals surface area (Å²) in [5.41, 5.74) is 7.12. The molecule has 3 aromatic rings. The molecule has 0 radical (unpaired) electrons. The molecular formula is C21H25N3S. The van der Waals surface area contributed by atoms with Crippen molar-refractivity contribution in [1.29, 1.82) is 0 Å². The normalized spacial score (nSPS) is 11.2. The van der Waals surface area contributed by atoms with Crippen molar-refractivity contribution in [2.75, 3.05) is 26.0 Å². The molecule has 0 amide bonds. The van der Waals surface area contributed by atoms with E-state index in [4.69, 9.17) is 12.2 Å². The van der Waals surface area contributed by atoms with E-state index < -0.39 is 0 Å². The van der Waals surface area contributed by atoms with Gasteiger partial charge in [0.2, 0.25) is 0 Å². The second kappa shape index (κ2) is 7.38. The quantitative estimate of drug-likeness (QED) is 0.655. The number of aryl methyl sites for hydroxylation is 2. The number of nitrogens with zero attached hydrogens (tertiary/aromatic N) is 1. The molecule has 0 aliphatic carbocycles. The monoisotopic (exact) mass is 351 g/mol. The second-order valence-corrected chi connectivity index (χ2v) is 7.27. The van der Waals surface area contributed by atoms with E-state index in [2.05, 4.69) is 85.6 Å². The lowest BCUT2D eigenvalue weighted by atomic mass is 10.1. The van der Waals surface area contributed by atoms with Crippen molar-refractivity contribution in [1.82, 2.24) is 9.88 Å². The number of hydrogen-bond acceptors (Lipinski definition) is 2. The zero-order chi connectivity index (χ0) is 18.0. The number of anilines is 1. The Morgan fingerprint density at radius 2 is 1.80 bits per heavy atom. The van der Waals surface area contributed by atoms with Crippen LogP contribution in [0.1, 0.15) is 22.4 Å². The molecule has 0 fully saturated rings. The van der Waals surface area contributed by atoms with Gasteiger partial charge in [-0.2, -0.15) is 0 Å².